The number of furan rings is 1. The molecule has 0 radical (unpaired) electrons. The zero-order chi connectivity index (χ0) is 16.4. The number of aliphatic imine (C=N–C) groups is 1. The summed E-state index contributed by atoms with van der Waals surface area (Å²) in [6, 6.07) is 4.34. The van der Waals surface area contributed by atoms with Crippen LogP contribution >= 0.6 is 24.0 Å². The Morgan fingerprint density at radius 1 is 1.46 bits per heavy atom. The molecule has 24 heavy (non-hydrogen) atoms. The number of hydrogen-bond acceptors (Lipinski definition) is 3. The van der Waals surface area contributed by atoms with Gasteiger partial charge in [0.25, 0.3) is 0 Å². The predicted molar refractivity (Wildman–Crippen MR) is 107 cm³/mol. The van der Waals surface area contributed by atoms with Crippen LogP contribution < -0.4 is 5.32 Å². The van der Waals surface area contributed by atoms with E-state index in [0.717, 1.165) is 37.8 Å². The SMILES string of the molecule is CCN=C(NC1C2CCCOC2C1(C)C)N(C)Cc1ccco1.I. The van der Waals surface area contributed by atoms with Gasteiger partial charge in [-0.2, -0.15) is 0 Å². The van der Waals surface area contributed by atoms with Crippen LogP contribution in [0, 0.1) is 11.3 Å². The molecule has 1 saturated carbocycles. The van der Waals surface area contributed by atoms with Crippen LogP contribution in [0.2, 0.25) is 0 Å². The molecule has 0 bridgehead atoms. The molecule has 6 heteroatoms. The van der Waals surface area contributed by atoms with Gasteiger partial charge in [0, 0.05) is 37.6 Å². The first kappa shape index (κ1) is 19.6. The lowest BCUT2D eigenvalue weighted by Gasteiger charge is -2.60. The smallest absolute Gasteiger partial charge is 0.194 e. The van der Waals surface area contributed by atoms with Crippen molar-refractivity contribution in [2.45, 2.75) is 52.3 Å². The Kier molecular flexibility index (Phi) is 6.59. The summed E-state index contributed by atoms with van der Waals surface area (Å²) in [5, 5.41) is 3.71. The fourth-order valence-corrected chi connectivity index (χ4v) is 4.09. The molecule has 1 saturated heterocycles. The van der Waals surface area contributed by atoms with Crippen molar-refractivity contribution >= 4 is 29.9 Å². The molecule has 2 fully saturated rings. The summed E-state index contributed by atoms with van der Waals surface area (Å²) in [6.45, 7) is 9.06. The molecule has 136 valence electrons. The molecule has 0 amide bonds. The van der Waals surface area contributed by atoms with Gasteiger partial charge in [-0.1, -0.05) is 13.8 Å². The van der Waals surface area contributed by atoms with E-state index in [4.69, 9.17) is 9.15 Å². The number of guanidine groups is 1. The maximum absolute atomic E-state index is 6.00. The molecule has 1 aliphatic heterocycles. The van der Waals surface area contributed by atoms with E-state index in [0.29, 0.717) is 18.1 Å². The lowest BCUT2D eigenvalue weighted by atomic mass is 9.55. The van der Waals surface area contributed by atoms with Crippen LogP contribution in [0.4, 0.5) is 0 Å². The summed E-state index contributed by atoms with van der Waals surface area (Å²) in [5.74, 6) is 2.49. The molecule has 1 N–H and O–H groups in total. The number of rotatable bonds is 4. The molecule has 1 aliphatic carbocycles. The molecule has 3 atom stereocenters. The predicted octanol–water partition coefficient (Wildman–Crippen LogP) is 3.50. The fourth-order valence-electron chi connectivity index (χ4n) is 4.09. The standard InChI is InChI=1S/C18H29N3O2.HI/c1-5-19-17(21(4)12-13-8-6-10-22-13)20-15-14-9-7-11-23-16(14)18(15,2)3;/h6,8,10,14-16H,5,7,9,11-12H2,1-4H3,(H,19,20);1H. The van der Waals surface area contributed by atoms with Crippen LogP contribution in [0.1, 0.15) is 39.4 Å². The summed E-state index contributed by atoms with van der Waals surface area (Å²) in [5.41, 5.74) is 0.144. The summed E-state index contributed by atoms with van der Waals surface area (Å²) >= 11 is 0. The van der Waals surface area contributed by atoms with E-state index >= 15 is 0 Å². The maximum atomic E-state index is 6.00. The lowest BCUT2D eigenvalue weighted by Crippen LogP contribution is -2.71. The van der Waals surface area contributed by atoms with Gasteiger partial charge in [0.15, 0.2) is 5.96 Å². The Hall–Kier alpha value is -0.760. The van der Waals surface area contributed by atoms with Gasteiger partial charge in [0.05, 0.1) is 18.9 Å². The minimum atomic E-state index is 0. The van der Waals surface area contributed by atoms with E-state index in [1.165, 1.54) is 6.42 Å². The molecule has 2 heterocycles. The number of nitrogens with one attached hydrogen (secondary N) is 1. The van der Waals surface area contributed by atoms with E-state index in [9.17, 15) is 0 Å². The quantitative estimate of drug-likeness (QED) is 0.436. The van der Waals surface area contributed by atoms with Crippen molar-refractivity contribution in [3.05, 3.63) is 24.2 Å². The van der Waals surface area contributed by atoms with E-state index in [1.807, 2.05) is 12.1 Å². The second-order valence-electron chi connectivity index (χ2n) is 7.27. The molecule has 3 rings (SSSR count). The highest BCUT2D eigenvalue weighted by molar-refractivity contribution is 14.0. The molecule has 2 aliphatic rings. The molecule has 5 nitrogen and oxygen atoms in total. The Morgan fingerprint density at radius 2 is 2.25 bits per heavy atom. The zero-order valence-electron chi connectivity index (χ0n) is 15.1. The van der Waals surface area contributed by atoms with E-state index in [-0.39, 0.29) is 29.4 Å². The van der Waals surface area contributed by atoms with Gasteiger partial charge in [0.1, 0.15) is 5.76 Å². The molecule has 0 spiro atoms. The van der Waals surface area contributed by atoms with Crippen molar-refractivity contribution < 1.29 is 9.15 Å². The fraction of sp³-hybridized carbons (Fsp3) is 0.722. The van der Waals surface area contributed by atoms with E-state index < -0.39 is 0 Å². The Balaban J connectivity index is 0.00000208. The monoisotopic (exact) mass is 447 g/mol. The van der Waals surface area contributed by atoms with Crippen LogP contribution in [0.5, 0.6) is 0 Å². The third-order valence-corrected chi connectivity index (χ3v) is 5.26. The normalized spacial score (nSPS) is 28.3. The third-order valence-electron chi connectivity index (χ3n) is 5.26. The minimum Gasteiger partial charge on any atom is -0.467 e. The first-order valence-electron chi connectivity index (χ1n) is 8.70. The van der Waals surface area contributed by atoms with E-state index in [1.54, 1.807) is 6.26 Å². The molecule has 0 aromatic carbocycles. The number of hydrogen-bond donors (Lipinski definition) is 1. The minimum absolute atomic E-state index is 0. The summed E-state index contributed by atoms with van der Waals surface area (Å²) in [6.07, 6.45) is 4.50. The van der Waals surface area contributed by atoms with Crippen molar-refractivity contribution in [1.29, 1.82) is 0 Å². The lowest BCUT2D eigenvalue weighted by molar-refractivity contribution is -0.188. The second-order valence-corrected chi connectivity index (χ2v) is 7.27. The first-order valence-corrected chi connectivity index (χ1v) is 8.70. The maximum Gasteiger partial charge on any atom is 0.194 e. The van der Waals surface area contributed by atoms with Crippen LogP contribution in [0.3, 0.4) is 0 Å². The number of ether oxygens (including phenoxy) is 1. The number of halogens is 1. The number of fused-ring (bicyclic) bond motifs is 1. The van der Waals surface area contributed by atoms with Gasteiger partial charge in [-0.3, -0.25) is 4.99 Å². The Labute approximate surface area is 162 Å². The zero-order valence-corrected chi connectivity index (χ0v) is 17.4. The van der Waals surface area contributed by atoms with Crippen molar-refractivity contribution in [2.75, 3.05) is 20.2 Å². The van der Waals surface area contributed by atoms with Crippen LogP contribution in [-0.4, -0.2) is 43.2 Å². The van der Waals surface area contributed by atoms with Gasteiger partial charge in [-0.25, -0.2) is 0 Å². The summed E-state index contributed by atoms with van der Waals surface area (Å²) in [7, 11) is 2.06. The molecule has 3 unspecified atom stereocenters. The van der Waals surface area contributed by atoms with Gasteiger partial charge < -0.3 is 19.4 Å². The van der Waals surface area contributed by atoms with E-state index in [2.05, 4.69) is 43.0 Å². The van der Waals surface area contributed by atoms with Gasteiger partial charge in [0.2, 0.25) is 0 Å². The highest BCUT2D eigenvalue weighted by atomic mass is 127. The van der Waals surface area contributed by atoms with Gasteiger partial charge in [-0.05, 0) is 31.9 Å². The average molecular weight is 447 g/mol. The summed E-state index contributed by atoms with van der Waals surface area (Å²) < 4.78 is 11.5. The van der Waals surface area contributed by atoms with Gasteiger partial charge >= 0.3 is 0 Å². The van der Waals surface area contributed by atoms with Crippen molar-refractivity contribution in [3.63, 3.8) is 0 Å². The second kappa shape index (κ2) is 8.08. The third kappa shape index (κ3) is 3.74. The highest BCUT2D eigenvalue weighted by Crippen LogP contribution is 2.51. The Morgan fingerprint density at radius 3 is 2.92 bits per heavy atom. The molecule has 1 aromatic heterocycles. The molecular formula is C18H30IN3O2. The number of nitrogens with zero attached hydrogens (tertiary/aromatic N) is 2. The van der Waals surface area contributed by atoms with Gasteiger partial charge in [-0.15, -0.1) is 24.0 Å². The molecular weight excluding hydrogens is 417 g/mol. The van der Waals surface area contributed by atoms with Crippen LogP contribution in [-0.2, 0) is 11.3 Å². The van der Waals surface area contributed by atoms with Crippen molar-refractivity contribution in [2.24, 2.45) is 16.3 Å². The first-order chi connectivity index (χ1) is 11.0. The largest absolute Gasteiger partial charge is 0.467 e. The van der Waals surface area contributed by atoms with Crippen LogP contribution in [0.15, 0.2) is 27.8 Å². The Bertz CT molecular complexity index is 544. The highest BCUT2D eigenvalue weighted by Gasteiger charge is 2.58. The van der Waals surface area contributed by atoms with Crippen molar-refractivity contribution in [1.82, 2.24) is 10.2 Å². The van der Waals surface area contributed by atoms with Crippen LogP contribution in [0.25, 0.3) is 0 Å². The summed E-state index contributed by atoms with van der Waals surface area (Å²) in [4.78, 5) is 6.81. The molecule has 1 aromatic rings. The topological polar surface area (TPSA) is 50.0 Å². The average Bonchev–Trinajstić information content (AvgIpc) is 3.04. The van der Waals surface area contributed by atoms with Crippen molar-refractivity contribution in [3.8, 4) is 0 Å².